The van der Waals surface area contributed by atoms with E-state index in [1.165, 1.54) is 12.1 Å². The molecule has 148 valence electrons. The molecule has 0 spiro atoms. The summed E-state index contributed by atoms with van der Waals surface area (Å²) in [6, 6.07) is 11.3. The zero-order valence-electron chi connectivity index (χ0n) is 16.4. The summed E-state index contributed by atoms with van der Waals surface area (Å²) in [6.07, 6.45) is 0. The minimum atomic E-state index is -0.529. The Hall–Kier alpha value is -3.35. The lowest BCUT2D eigenvalue weighted by Crippen LogP contribution is -2.50. The Bertz CT molecular complexity index is 1110. The van der Waals surface area contributed by atoms with Crippen LogP contribution in [0.2, 0.25) is 0 Å². The number of carbonyl (C=O) groups excluding carboxylic acids is 2. The molecular formula is C22H21FN4O2. The number of hydrogen-bond acceptors (Lipinski definition) is 4. The van der Waals surface area contributed by atoms with Crippen molar-refractivity contribution in [2.75, 3.05) is 26.2 Å². The van der Waals surface area contributed by atoms with E-state index >= 15 is 0 Å². The molecule has 29 heavy (non-hydrogen) atoms. The third-order valence-corrected chi connectivity index (χ3v) is 5.28. The van der Waals surface area contributed by atoms with Gasteiger partial charge in [-0.2, -0.15) is 0 Å². The average molecular weight is 392 g/mol. The fourth-order valence-electron chi connectivity index (χ4n) is 3.46. The number of nitrogens with zero attached hydrogens (tertiary/aromatic N) is 4. The Balaban J connectivity index is 1.46. The van der Waals surface area contributed by atoms with Gasteiger partial charge in [0.15, 0.2) is 0 Å². The molecule has 2 aromatic carbocycles. The van der Waals surface area contributed by atoms with Crippen molar-refractivity contribution in [2.24, 2.45) is 0 Å². The van der Waals surface area contributed by atoms with Crippen molar-refractivity contribution in [1.29, 1.82) is 0 Å². The number of aryl methyl sites for hydroxylation is 2. The van der Waals surface area contributed by atoms with E-state index in [9.17, 15) is 14.0 Å². The Kier molecular flexibility index (Phi) is 4.96. The van der Waals surface area contributed by atoms with E-state index in [-0.39, 0.29) is 17.4 Å². The zero-order chi connectivity index (χ0) is 20.5. The van der Waals surface area contributed by atoms with Gasteiger partial charge in [-0.3, -0.25) is 9.59 Å². The molecule has 6 nitrogen and oxygen atoms in total. The topological polar surface area (TPSA) is 66.4 Å². The van der Waals surface area contributed by atoms with Crippen LogP contribution < -0.4 is 0 Å². The van der Waals surface area contributed by atoms with Crippen molar-refractivity contribution in [3.8, 4) is 0 Å². The summed E-state index contributed by atoms with van der Waals surface area (Å²) in [7, 11) is 0. The van der Waals surface area contributed by atoms with Gasteiger partial charge in [-0.25, -0.2) is 14.4 Å². The maximum atomic E-state index is 13.9. The zero-order valence-corrected chi connectivity index (χ0v) is 16.4. The summed E-state index contributed by atoms with van der Waals surface area (Å²) < 4.78 is 13.9. The molecule has 0 atom stereocenters. The van der Waals surface area contributed by atoms with Gasteiger partial charge in [-0.1, -0.05) is 12.1 Å². The Morgan fingerprint density at radius 1 is 0.828 bits per heavy atom. The molecule has 2 amide bonds. The van der Waals surface area contributed by atoms with E-state index in [4.69, 9.17) is 0 Å². The van der Waals surface area contributed by atoms with Gasteiger partial charge in [0, 0.05) is 31.7 Å². The molecule has 0 saturated carbocycles. The number of fused-ring (bicyclic) bond motifs is 1. The summed E-state index contributed by atoms with van der Waals surface area (Å²) >= 11 is 0. The van der Waals surface area contributed by atoms with Crippen LogP contribution >= 0.6 is 0 Å². The molecule has 4 rings (SSSR count). The molecule has 0 aliphatic carbocycles. The first kappa shape index (κ1) is 19.0. The number of hydrogen-bond donors (Lipinski definition) is 0. The largest absolute Gasteiger partial charge is 0.335 e. The smallest absolute Gasteiger partial charge is 0.256 e. The standard InChI is InChI=1S/C22H21FN4O2/c1-14-15(2)25-20-13-16(7-8-19(20)24-14)21(28)26-9-11-27(12-10-26)22(29)17-5-3-4-6-18(17)23/h3-8,13H,9-12H2,1-2H3. The summed E-state index contributed by atoms with van der Waals surface area (Å²) in [5.74, 6) is -0.981. The van der Waals surface area contributed by atoms with Crippen LogP contribution in [0.1, 0.15) is 32.1 Å². The molecule has 1 fully saturated rings. The molecule has 1 aliphatic rings. The molecule has 1 aromatic heterocycles. The van der Waals surface area contributed by atoms with Crippen LogP contribution in [0.5, 0.6) is 0 Å². The number of amides is 2. The number of halogens is 1. The van der Waals surface area contributed by atoms with Crippen molar-refractivity contribution in [2.45, 2.75) is 13.8 Å². The van der Waals surface area contributed by atoms with E-state index in [0.717, 1.165) is 16.9 Å². The Morgan fingerprint density at radius 2 is 1.41 bits per heavy atom. The maximum Gasteiger partial charge on any atom is 0.256 e. The van der Waals surface area contributed by atoms with Gasteiger partial charge < -0.3 is 9.80 Å². The van der Waals surface area contributed by atoms with Crippen LogP contribution in [0.25, 0.3) is 11.0 Å². The third kappa shape index (κ3) is 3.68. The Morgan fingerprint density at radius 3 is 2.07 bits per heavy atom. The fourth-order valence-corrected chi connectivity index (χ4v) is 3.46. The molecule has 3 aromatic rings. The highest BCUT2D eigenvalue weighted by molar-refractivity contribution is 5.98. The summed E-state index contributed by atoms with van der Waals surface area (Å²) in [5.41, 5.74) is 3.75. The molecule has 0 unspecified atom stereocenters. The summed E-state index contributed by atoms with van der Waals surface area (Å²) in [6.45, 7) is 5.32. The highest BCUT2D eigenvalue weighted by atomic mass is 19.1. The first-order chi connectivity index (χ1) is 13.9. The van der Waals surface area contributed by atoms with Crippen molar-refractivity contribution in [1.82, 2.24) is 19.8 Å². The number of benzene rings is 2. The van der Waals surface area contributed by atoms with Gasteiger partial charge in [-0.05, 0) is 44.2 Å². The molecule has 1 aliphatic heterocycles. The number of rotatable bonds is 2. The van der Waals surface area contributed by atoms with Crippen molar-refractivity contribution < 1.29 is 14.0 Å². The molecular weight excluding hydrogens is 371 g/mol. The predicted octanol–water partition coefficient (Wildman–Crippen LogP) is 2.98. The second kappa shape index (κ2) is 7.58. The Labute approximate surface area is 168 Å². The average Bonchev–Trinajstić information content (AvgIpc) is 2.74. The monoisotopic (exact) mass is 392 g/mol. The van der Waals surface area contributed by atoms with Gasteiger partial charge in [0.25, 0.3) is 11.8 Å². The summed E-state index contributed by atoms with van der Waals surface area (Å²) in [5, 5.41) is 0. The van der Waals surface area contributed by atoms with Crippen LogP contribution in [0, 0.1) is 19.7 Å². The predicted molar refractivity (Wildman–Crippen MR) is 107 cm³/mol. The van der Waals surface area contributed by atoms with E-state index in [0.29, 0.717) is 37.3 Å². The van der Waals surface area contributed by atoms with E-state index in [1.807, 2.05) is 13.8 Å². The molecule has 7 heteroatoms. The van der Waals surface area contributed by atoms with Gasteiger partial charge >= 0.3 is 0 Å². The second-order valence-electron chi connectivity index (χ2n) is 7.16. The molecule has 0 N–H and O–H groups in total. The molecule has 1 saturated heterocycles. The van der Waals surface area contributed by atoms with Crippen molar-refractivity contribution in [3.63, 3.8) is 0 Å². The SMILES string of the molecule is Cc1nc2ccc(C(=O)N3CCN(C(=O)c4ccccc4F)CC3)cc2nc1C. The molecule has 2 heterocycles. The van der Waals surface area contributed by atoms with Gasteiger partial charge in [0.2, 0.25) is 0 Å². The minimum Gasteiger partial charge on any atom is -0.335 e. The number of carbonyl (C=O) groups is 2. The maximum absolute atomic E-state index is 13.9. The van der Waals surface area contributed by atoms with Gasteiger partial charge in [-0.15, -0.1) is 0 Å². The lowest BCUT2D eigenvalue weighted by Gasteiger charge is -2.35. The normalized spacial score (nSPS) is 14.3. The van der Waals surface area contributed by atoms with Crippen molar-refractivity contribution >= 4 is 22.8 Å². The quantitative estimate of drug-likeness (QED) is 0.673. The van der Waals surface area contributed by atoms with Crippen LogP contribution in [-0.2, 0) is 0 Å². The third-order valence-electron chi connectivity index (χ3n) is 5.28. The lowest BCUT2D eigenvalue weighted by atomic mass is 10.1. The molecule has 0 bridgehead atoms. The van der Waals surface area contributed by atoms with Crippen LogP contribution in [0.15, 0.2) is 42.5 Å². The van der Waals surface area contributed by atoms with E-state index in [1.54, 1.807) is 40.1 Å². The van der Waals surface area contributed by atoms with Crippen molar-refractivity contribution in [3.05, 3.63) is 70.8 Å². The summed E-state index contributed by atoms with van der Waals surface area (Å²) in [4.78, 5) is 37.8. The second-order valence-corrected chi connectivity index (χ2v) is 7.16. The van der Waals surface area contributed by atoms with E-state index in [2.05, 4.69) is 9.97 Å². The number of piperazine rings is 1. The molecule has 0 radical (unpaired) electrons. The first-order valence-electron chi connectivity index (χ1n) is 9.52. The fraction of sp³-hybridized carbons (Fsp3) is 0.273. The lowest BCUT2D eigenvalue weighted by molar-refractivity contribution is 0.0533. The van der Waals surface area contributed by atoms with Crippen LogP contribution in [-0.4, -0.2) is 57.8 Å². The first-order valence-corrected chi connectivity index (χ1v) is 9.52. The number of aromatic nitrogens is 2. The van der Waals surface area contributed by atoms with Crippen LogP contribution in [0.4, 0.5) is 4.39 Å². The minimum absolute atomic E-state index is 0.0612. The van der Waals surface area contributed by atoms with Crippen LogP contribution in [0.3, 0.4) is 0 Å². The highest BCUT2D eigenvalue weighted by Crippen LogP contribution is 2.18. The van der Waals surface area contributed by atoms with Gasteiger partial charge in [0.05, 0.1) is 28.0 Å². The highest BCUT2D eigenvalue weighted by Gasteiger charge is 2.26. The van der Waals surface area contributed by atoms with E-state index < -0.39 is 5.82 Å². The van der Waals surface area contributed by atoms with Gasteiger partial charge in [0.1, 0.15) is 5.82 Å².